The maximum Gasteiger partial charge on any atom is 0.328 e. The number of anilines is 2. The standard InChI is InChI=1S/C24H17Cl3N4O3/c1-13-18(27)6-3-7-19(13)29-22(32)21-11-14-10-16(26)8-9-20(14)31(21)30-24(34)23(33)28-17-5-2-4-15(25)12-17/h2-12H,1H3,(H,28,33)(H,29,32)(H,30,34). The van der Waals surface area contributed by atoms with Crippen molar-refractivity contribution in [2.24, 2.45) is 0 Å². The van der Waals surface area contributed by atoms with Crippen molar-refractivity contribution in [3.05, 3.63) is 93.1 Å². The minimum atomic E-state index is -0.986. The van der Waals surface area contributed by atoms with E-state index in [1.54, 1.807) is 67.6 Å². The number of halogens is 3. The van der Waals surface area contributed by atoms with Crippen LogP contribution in [0.3, 0.4) is 0 Å². The second-order valence-electron chi connectivity index (χ2n) is 7.34. The van der Waals surface area contributed by atoms with E-state index in [1.165, 1.54) is 10.7 Å². The summed E-state index contributed by atoms with van der Waals surface area (Å²) >= 11 is 18.2. The van der Waals surface area contributed by atoms with Crippen molar-refractivity contribution < 1.29 is 14.4 Å². The van der Waals surface area contributed by atoms with Crippen molar-refractivity contribution in [2.75, 3.05) is 16.1 Å². The van der Waals surface area contributed by atoms with Gasteiger partial charge in [0, 0.05) is 31.8 Å². The lowest BCUT2D eigenvalue weighted by molar-refractivity contribution is -0.133. The minimum absolute atomic E-state index is 0.0838. The molecule has 0 bridgehead atoms. The quantitative estimate of drug-likeness (QED) is 0.297. The fourth-order valence-corrected chi connectivity index (χ4v) is 3.85. The van der Waals surface area contributed by atoms with Crippen LogP contribution in [0, 0.1) is 6.92 Å². The van der Waals surface area contributed by atoms with E-state index in [-0.39, 0.29) is 5.69 Å². The molecule has 0 saturated carbocycles. The Labute approximate surface area is 209 Å². The Hall–Kier alpha value is -3.52. The van der Waals surface area contributed by atoms with E-state index < -0.39 is 17.7 Å². The first kappa shape index (κ1) is 23.6. The van der Waals surface area contributed by atoms with Gasteiger partial charge in [0.05, 0.1) is 5.52 Å². The zero-order valence-electron chi connectivity index (χ0n) is 17.7. The van der Waals surface area contributed by atoms with Crippen LogP contribution in [0.4, 0.5) is 11.4 Å². The lowest BCUT2D eigenvalue weighted by Crippen LogP contribution is -2.36. The van der Waals surface area contributed by atoms with Crippen LogP contribution < -0.4 is 16.1 Å². The maximum absolute atomic E-state index is 13.2. The lowest BCUT2D eigenvalue weighted by Gasteiger charge is -2.14. The van der Waals surface area contributed by atoms with Crippen molar-refractivity contribution in [1.29, 1.82) is 0 Å². The van der Waals surface area contributed by atoms with Crippen LogP contribution in [0.2, 0.25) is 15.1 Å². The molecule has 34 heavy (non-hydrogen) atoms. The number of nitrogens with one attached hydrogen (secondary N) is 3. The largest absolute Gasteiger partial charge is 0.328 e. The SMILES string of the molecule is Cc1c(Cl)cccc1NC(=O)c1cc2cc(Cl)ccc2n1NC(=O)C(=O)Nc1cccc(Cl)c1. The first-order valence-electron chi connectivity index (χ1n) is 9.98. The molecule has 4 aromatic rings. The molecule has 4 rings (SSSR count). The number of benzene rings is 3. The Morgan fingerprint density at radius 2 is 1.53 bits per heavy atom. The van der Waals surface area contributed by atoms with Gasteiger partial charge in [0.2, 0.25) is 0 Å². The molecule has 0 atom stereocenters. The van der Waals surface area contributed by atoms with Gasteiger partial charge in [-0.15, -0.1) is 0 Å². The molecule has 0 fully saturated rings. The molecular weight excluding hydrogens is 499 g/mol. The summed E-state index contributed by atoms with van der Waals surface area (Å²) < 4.78 is 1.24. The number of hydrogen-bond acceptors (Lipinski definition) is 3. The molecule has 3 N–H and O–H groups in total. The smallest absolute Gasteiger partial charge is 0.320 e. The molecule has 0 spiro atoms. The number of nitrogens with zero attached hydrogens (tertiary/aromatic N) is 1. The van der Waals surface area contributed by atoms with Crippen molar-refractivity contribution in [3.8, 4) is 0 Å². The van der Waals surface area contributed by atoms with Gasteiger partial charge in [0.1, 0.15) is 5.69 Å². The highest BCUT2D eigenvalue weighted by atomic mass is 35.5. The summed E-state index contributed by atoms with van der Waals surface area (Å²) in [7, 11) is 0. The Bertz CT molecular complexity index is 1450. The third-order valence-electron chi connectivity index (χ3n) is 5.01. The van der Waals surface area contributed by atoms with Gasteiger partial charge >= 0.3 is 11.8 Å². The minimum Gasteiger partial charge on any atom is -0.320 e. The first-order valence-corrected chi connectivity index (χ1v) is 11.1. The second kappa shape index (κ2) is 9.77. The normalized spacial score (nSPS) is 10.7. The second-order valence-corrected chi connectivity index (χ2v) is 8.62. The van der Waals surface area contributed by atoms with Crippen LogP contribution in [-0.2, 0) is 9.59 Å². The number of rotatable bonds is 4. The van der Waals surface area contributed by atoms with Crippen LogP contribution in [0.1, 0.15) is 16.1 Å². The molecule has 172 valence electrons. The molecule has 10 heteroatoms. The van der Waals surface area contributed by atoms with Crippen molar-refractivity contribution >= 4 is 74.8 Å². The van der Waals surface area contributed by atoms with E-state index in [0.717, 1.165) is 0 Å². The Balaban J connectivity index is 1.65. The van der Waals surface area contributed by atoms with Gasteiger partial charge < -0.3 is 10.6 Å². The molecule has 0 aliphatic rings. The molecule has 1 aromatic heterocycles. The predicted molar refractivity (Wildman–Crippen MR) is 136 cm³/mol. The number of hydrogen-bond donors (Lipinski definition) is 3. The number of amides is 3. The Morgan fingerprint density at radius 3 is 2.29 bits per heavy atom. The van der Waals surface area contributed by atoms with Crippen molar-refractivity contribution in [3.63, 3.8) is 0 Å². The molecule has 3 aromatic carbocycles. The zero-order valence-corrected chi connectivity index (χ0v) is 19.9. The van der Waals surface area contributed by atoms with E-state index in [4.69, 9.17) is 34.8 Å². The fourth-order valence-electron chi connectivity index (χ4n) is 3.31. The number of aromatic nitrogens is 1. The molecule has 0 aliphatic carbocycles. The van der Waals surface area contributed by atoms with Crippen molar-refractivity contribution in [1.82, 2.24) is 4.68 Å². The summed E-state index contributed by atoms with van der Waals surface area (Å²) in [6.07, 6.45) is 0. The highest BCUT2D eigenvalue weighted by Crippen LogP contribution is 2.26. The lowest BCUT2D eigenvalue weighted by atomic mass is 10.2. The third kappa shape index (κ3) is 5.02. The molecule has 0 unspecified atom stereocenters. The molecule has 7 nitrogen and oxygen atoms in total. The van der Waals surface area contributed by atoms with Crippen LogP contribution >= 0.6 is 34.8 Å². The summed E-state index contributed by atoms with van der Waals surface area (Å²) in [6.45, 7) is 1.77. The molecule has 0 aliphatic heterocycles. The summed E-state index contributed by atoms with van der Waals surface area (Å²) in [4.78, 5) is 38.3. The first-order chi connectivity index (χ1) is 16.2. The summed E-state index contributed by atoms with van der Waals surface area (Å²) in [5.74, 6) is -2.44. The number of carbonyl (C=O) groups is 3. The van der Waals surface area contributed by atoms with Gasteiger partial charge in [-0.2, -0.15) is 0 Å². The average Bonchev–Trinajstić information content (AvgIpc) is 3.14. The fraction of sp³-hybridized carbons (Fsp3) is 0.0417. The Kier molecular flexibility index (Phi) is 6.79. The van der Waals surface area contributed by atoms with E-state index in [9.17, 15) is 14.4 Å². The topological polar surface area (TPSA) is 92.2 Å². The maximum atomic E-state index is 13.2. The monoisotopic (exact) mass is 514 g/mol. The summed E-state index contributed by atoms with van der Waals surface area (Å²) in [5, 5.41) is 7.20. The zero-order chi connectivity index (χ0) is 24.4. The van der Waals surface area contributed by atoms with Gasteiger partial charge in [-0.25, -0.2) is 4.68 Å². The van der Waals surface area contributed by atoms with Crippen LogP contribution in [0.25, 0.3) is 10.9 Å². The average molecular weight is 516 g/mol. The molecule has 0 saturated heterocycles. The summed E-state index contributed by atoms with van der Waals surface area (Å²) in [5.41, 5.74) is 4.59. The van der Waals surface area contributed by atoms with E-state index in [0.29, 0.717) is 42.9 Å². The predicted octanol–water partition coefficient (Wildman–Crippen LogP) is 5.87. The third-order valence-corrected chi connectivity index (χ3v) is 5.89. The Morgan fingerprint density at radius 1 is 0.794 bits per heavy atom. The van der Waals surface area contributed by atoms with Gasteiger partial charge in [0.25, 0.3) is 5.91 Å². The molecule has 1 heterocycles. The van der Waals surface area contributed by atoms with E-state index >= 15 is 0 Å². The molecular formula is C24H17Cl3N4O3. The highest BCUT2D eigenvalue weighted by molar-refractivity contribution is 6.42. The van der Waals surface area contributed by atoms with E-state index in [2.05, 4.69) is 16.1 Å². The van der Waals surface area contributed by atoms with Gasteiger partial charge in [0.15, 0.2) is 0 Å². The van der Waals surface area contributed by atoms with Crippen LogP contribution in [0.5, 0.6) is 0 Å². The number of carbonyl (C=O) groups excluding carboxylic acids is 3. The van der Waals surface area contributed by atoms with Gasteiger partial charge in [-0.3, -0.25) is 19.8 Å². The van der Waals surface area contributed by atoms with Crippen LogP contribution in [0.15, 0.2) is 66.7 Å². The van der Waals surface area contributed by atoms with E-state index in [1.807, 2.05) is 0 Å². The highest BCUT2D eigenvalue weighted by Gasteiger charge is 2.22. The van der Waals surface area contributed by atoms with Gasteiger partial charge in [-0.1, -0.05) is 46.9 Å². The molecule has 0 radical (unpaired) electrons. The van der Waals surface area contributed by atoms with Gasteiger partial charge in [-0.05, 0) is 67.1 Å². The molecule has 3 amide bonds. The van der Waals surface area contributed by atoms with Crippen LogP contribution in [-0.4, -0.2) is 22.4 Å². The summed E-state index contributed by atoms with van der Waals surface area (Å²) in [6, 6.07) is 18.0. The number of fused-ring (bicyclic) bond motifs is 1. The van der Waals surface area contributed by atoms with Crippen molar-refractivity contribution in [2.45, 2.75) is 6.92 Å².